The molecule has 2 aromatic rings. The van der Waals surface area contributed by atoms with Gasteiger partial charge in [0.05, 0.1) is 0 Å². The molecule has 0 bridgehead atoms. The number of aryl methyl sites for hydroxylation is 1. The molecule has 1 aromatic carbocycles. The molecule has 0 N–H and O–H groups in total. The first kappa shape index (κ1) is 10.7. The second kappa shape index (κ2) is 3.97. The monoisotopic (exact) mass is 239 g/mol. The van der Waals surface area contributed by atoms with E-state index in [9.17, 15) is 8.42 Å². The van der Waals surface area contributed by atoms with Crippen LogP contribution in [-0.2, 0) is 10.1 Å². The molecule has 0 amide bonds. The van der Waals surface area contributed by atoms with Crippen molar-refractivity contribution in [2.75, 3.05) is 0 Å². The van der Waals surface area contributed by atoms with E-state index in [1.807, 2.05) is 0 Å². The lowest BCUT2D eigenvalue weighted by Gasteiger charge is -2.02. The summed E-state index contributed by atoms with van der Waals surface area (Å²) in [7, 11) is -3.82. The fourth-order valence-electron chi connectivity index (χ4n) is 1.13. The molecule has 16 heavy (non-hydrogen) atoms. The van der Waals surface area contributed by atoms with Gasteiger partial charge < -0.3 is 8.71 Å². The van der Waals surface area contributed by atoms with Gasteiger partial charge in [0.2, 0.25) is 0 Å². The normalized spacial score (nSPS) is 11.3. The van der Waals surface area contributed by atoms with Crippen molar-refractivity contribution in [2.24, 2.45) is 0 Å². The van der Waals surface area contributed by atoms with E-state index in [1.54, 1.807) is 25.1 Å². The Balaban J connectivity index is 2.28. The van der Waals surface area contributed by atoms with E-state index in [0.717, 1.165) is 0 Å². The van der Waals surface area contributed by atoms with Crippen LogP contribution in [0.25, 0.3) is 0 Å². The Morgan fingerprint density at radius 1 is 1.25 bits per heavy atom. The van der Waals surface area contributed by atoms with Crippen LogP contribution in [-0.4, -0.2) is 13.6 Å². The van der Waals surface area contributed by atoms with Crippen molar-refractivity contribution in [1.82, 2.24) is 5.16 Å². The number of hydrogen-bond acceptors (Lipinski definition) is 5. The van der Waals surface area contributed by atoms with Crippen molar-refractivity contribution in [2.45, 2.75) is 11.8 Å². The minimum Gasteiger partial charge on any atom is -0.358 e. The Bertz CT molecular complexity index is 574. The minimum atomic E-state index is -3.82. The third-order valence-corrected chi connectivity index (χ3v) is 3.07. The van der Waals surface area contributed by atoms with Gasteiger partial charge in [-0.2, -0.15) is 8.42 Å². The Labute approximate surface area is 92.8 Å². The molecule has 1 aromatic heterocycles. The molecule has 1 heterocycles. The summed E-state index contributed by atoms with van der Waals surface area (Å²) in [6.07, 6.45) is 0. The van der Waals surface area contributed by atoms with E-state index < -0.39 is 10.1 Å². The maximum absolute atomic E-state index is 11.7. The summed E-state index contributed by atoms with van der Waals surface area (Å²) in [4.78, 5) is 0.0793. The van der Waals surface area contributed by atoms with E-state index in [4.69, 9.17) is 8.71 Å². The molecule has 0 radical (unpaired) electrons. The van der Waals surface area contributed by atoms with Gasteiger partial charge in [0, 0.05) is 6.07 Å². The van der Waals surface area contributed by atoms with Gasteiger partial charge in [-0.25, -0.2) is 0 Å². The van der Waals surface area contributed by atoms with Gasteiger partial charge in [-0.1, -0.05) is 18.2 Å². The highest BCUT2D eigenvalue weighted by Gasteiger charge is 2.17. The Morgan fingerprint density at radius 3 is 2.50 bits per heavy atom. The fraction of sp³-hybridized carbons (Fsp3) is 0.100. The Kier molecular flexibility index (Phi) is 2.66. The van der Waals surface area contributed by atoms with Crippen molar-refractivity contribution in [3.63, 3.8) is 0 Å². The zero-order valence-electron chi connectivity index (χ0n) is 8.45. The second-order valence-corrected chi connectivity index (χ2v) is 4.67. The zero-order chi connectivity index (χ0) is 11.6. The highest BCUT2D eigenvalue weighted by atomic mass is 32.2. The highest BCUT2D eigenvalue weighted by Crippen LogP contribution is 2.17. The van der Waals surface area contributed by atoms with Gasteiger partial charge in [-0.05, 0) is 24.2 Å². The number of hydrogen-bond donors (Lipinski definition) is 0. The first-order chi connectivity index (χ1) is 7.58. The molecule has 6 heteroatoms. The molecule has 2 rings (SSSR count). The average molecular weight is 239 g/mol. The predicted octanol–water partition coefficient (Wildman–Crippen LogP) is 1.75. The van der Waals surface area contributed by atoms with Crippen molar-refractivity contribution in [3.05, 3.63) is 42.2 Å². The number of rotatable bonds is 3. The highest BCUT2D eigenvalue weighted by molar-refractivity contribution is 7.87. The molecule has 0 aliphatic rings. The van der Waals surface area contributed by atoms with Crippen LogP contribution in [0.4, 0.5) is 0 Å². The topological polar surface area (TPSA) is 69.4 Å². The molecule has 0 fully saturated rings. The van der Waals surface area contributed by atoms with Crippen LogP contribution in [0.5, 0.6) is 5.88 Å². The van der Waals surface area contributed by atoms with Gasteiger partial charge in [0.1, 0.15) is 10.7 Å². The van der Waals surface area contributed by atoms with Crippen molar-refractivity contribution >= 4 is 10.1 Å². The summed E-state index contributed by atoms with van der Waals surface area (Å²) in [6, 6.07) is 9.25. The maximum atomic E-state index is 11.7. The SMILES string of the molecule is Cc1cc(OS(=O)(=O)c2ccccc2)no1. The summed E-state index contributed by atoms with van der Waals surface area (Å²) in [5.41, 5.74) is 0. The lowest BCUT2D eigenvalue weighted by Crippen LogP contribution is -2.09. The molecule has 0 saturated carbocycles. The number of nitrogens with zero attached hydrogens (tertiary/aromatic N) is 1. The molecular formula is C10H9NO4S. The predicted molar refractivity (Wildman–Crippen MR) is 55.5 cm³/mol. The largest absolute Gasteiger partial charge is 0.358 e. The third-order valence-electron chi connectivity index (χ3n) is 1.83. The van der Waals surface area contributed by atoms with Crippen molar-refractivity contribution in [3.8, 4) is 5.88 Å². The molecule has 0 spiro atoms. The standard InChI is InChI=1S/C10H9NO4S/c1-8-7-10(11-14-8)15-16(12,13)9-5-3-2-4-6-9/h2-7H,1H3. The summed E-state index contributed by atoms with van der Waals surface area (Å²) < 4.78 is 32.9. The number of benzene rings is 1. The van der Waals surface area contributed by atoms with Crippen molar-refractivity contribution < 1.29 is 17.1 Å². The van der Waals surface area contributed by atoms with Crippen LogP contribution in [0.15, 0.2) is 45.8 Å². The van der Waals surface area contributed by atoms with Crippen LogP contribution in [0.1, 0.15) is 5.76 Å². The minimum absolute atomic E-state index is 0.0682. The van der Waals surface area contributed by atoms with Crippen molar-refractivity contribution in [1.29, 1.82) is 0 Å². The molecule has 0 aliphatic carbocycles. The molecule has 5 nitrogen and oxygen atoms in total. The van der Waals surface area contributed by atoms with Gasteiger partial charge in [0.25, 0.3) is 5.88 Å². The first-order valence-electron chi connectivity index (χ1n) is 4.51. The lowest BCUT2D eigenvalue weighted by molar-refractivity contribution is 0.368. The van der Waals surface area contributed by atoms with E-state index in [1.165, 1.54) is 18.2 Å². The second-order valence-electron chi connectivity index (χ2n) is 3.13. The maximum Gasteiger partial charge on any atom is 0.340 e. The molecule has 0 unspecified atom stereocenters. The van der Waals surface area contributed by atoms with E-state index in [2.05, 4.69) is 5.16 Å². The molecular weight excluding hydrogens is 230 g/mol. The van der Waals surface area contributed by atoms with Crippen LogP contribution >= 0.6 is 0 Å². The fourth-order valence-corrected chi connectivity index (χ4v) is 2.02. The number of aromatic nitrogens is 1. The first-order valence-corrected chi connectivity index (χ1v) is 5.91. The average Bonchev–Trinajstić information content (AvgIpc) is 2.64. The van der Waals surface area contributed by atoms with Gasteiger partial charge in [0.15, 0.2) is 0 Å². The molecule has 0 atom stereocenters. The summed E-state index contributed by atoms with van der Waals surface area (Å²) >= 11 is 0. The quantitative estimate of drug-likeness (QED) is 0.763. The molecule has 0 aliphatic heterocycles. The van der Waals surface area contributed by atoms with Crippen LogP contribution < -0.4 is 4.18 Å². The van der Waals surface area contributed by atoms with Crippen LogP contribution in [0.2, 0.25) is 0 Å². The van der Waals surface area contributed by atoms with E-state index >= 15 is 0 Å². The summed E-state index contributed by atoms with van der Waals surface area (Å²) in [5.74, 6) is 0.416. The summed E-state index contributed by atoms with van der Waals surface area (Å²) in [5, 5.41) is 3.45. The molecule has 0 saturated heterocycles. The van der Waals surface area contributed by atoms with E-state index in [0.29, 0.717) is 5.76 Å². The van der Waals surface area contributed by atoms with Gasteiger partial charge >= 0.3 is 10.1 Å². The van der Waals surface area contributed by atoms with Gasteiger partial charge in [-0.3, -0.25) is 0 Å². The third kappa shape index (κ3) is 2.22. The van der Waals surface area contributed by atoms with Gasteiger partial charge in [-0.15, -0.1) is 0 Å². The van der Waals surface area contributed by atoms with E-state index in [-0.39, 0.29) is 10.8 Å². The smallest absolute Gasteiger partial charge is 0.340 e. The molecule has 84 valence electrons. The Morgan fingerprint density at radius 2 is 1.94 bits per heavy atom. The summed E-state index contributed by atoms with van der Waals surface area (Å²) in [6.45, 7) is 1.65. The van der Waals surface area contributed by atoms with Crippen LogP contribution in [0.3, 0.4) is 0 Å². The zero-order valence-corrected chi connectivity index (χ0v) is 9.27. The van der Waals surface area contributed by atoms with Crippen LogP contribution in [0, 0.1) is 6.92 Å². The Hall–Kier alpha value is -1.82. The lowest BCUT2D eigenvalue weighted by atomic mass is 10.4.